The van der Waals surface area contributed by atoms with E-state index in [1.807, 2.05) is 19.9 Å². The molecular formula is C14H20O4. The van der Waals surface area contributed by atoms with Crippen LogP contribution in [-0.4, -0.2) is 28.9 Å². The summed E-state index contributed by atoms with van der Waals surface area (Å²) in [5.74, 6) is -0.506. The SMILES string of the molecule is CCOC(=O)CC(O)C(O)c1cc(C)cc(C)c1. The molecule has 2 atom stereocenters. The standard InChI is InChI=1S/C14H20O4/c1-4-18-13(16)8-12(15)14(17)11-6-9(2)5-10(3)7-11/h5-7,12,14-15,17H,4,8H2,1-3H3. The lowest BCUT2D eigenvalue weighted by Crippen LogP contribution is -2.23. The molecule has 0 saturated heterocycles. The van der Waals surface area contributed by atoms with Crippen LogP contribution in [0, 0.1) is 13.8 Å². The molecular weight excluding hydrogens is 232 g/mol. The number of hydrogen-bond acceptors (Lipinski definition) is 4. The van der Waals surface area contributed by atoms with Crippen LogP contribution in [0.15, 0.2) is 18.2 Å². The molecule has 0 bridgehead atoms. The molecule has 0 aliphatic carbocycles. The maximum atomic E-state index is 11.2. The number of carbonyl (C=O) groups excluding carboxylic acids is 1. The number of ether oxygens (including phenoxy) is 1. The van der Waals surface area contributed by atoms with Gasteiger partial charge in [-0.3, -0.25) is 4.79 Å². The molecule has 0 fully saturated rings. The summed E-state index contributed by atoms with van der Waals surface area (Å²) in [5, 5.41) is 19.8. The maximum Gasteiger partial charge on any atom is 0.308 e. The van der Waals surface area contributed by atoms with Crippen LogP contribution in [0.1, 0.15) is 36.1 Å². The van der Waals surface area contributed by atoms with Gasteiger partial charge in [0.15, 0.2) is 0 Å². The van der Waals surface area contributed by atoms with Gasteiger partial charge in [-0.15, -0.1) is 0 Å². The van der Waals surface area contributed by atoms with E-state index in [1.54, 1.807) is 19.1 Å². The van der Waals surface area contributed by atoms with E-state index in [0.29, 0.717) is 5.56 Å². The lowest BCUT2D eigenvalue weighted by Gasteiger charge is -2.18. The Balaban J connectivity index is 2.73. The number of aliphatic hydroxyl groups excluding tert-OH is 2. The van der Waals surface area contributed by atoms with Crippen molar-refractivity contribution in [2.24, 2.45) is 0 Å². The van der Waals surface area contributed by atoms with Crippen LogP contribution in [0.25, 0.3) is 0 Å². The van der Waals surface area contributed by atoms with Crippen molar-refractivity contribution in [3.8, 4) is 0 Å². The third-order valence-corrected chi connectivity index (χ3v) is 2.63. The number of aliphatic hydroxyl groups is 2. The molecule has 0 saturated carbocycles. The van der Waals surface area contributed by atoms with E-state index >= 15 is 0 Å². The Morgan fingerprint density at radius 3 is 2.28 bits per heavy atom. The van der Waals surface area contributed by atoms with E-state index in [-0.39, 0.29) is 13.0 Å². The van der Waals surface area contributed by atoms with E-state index in [4.69, 9.17) is 4.74 Å². The third-order valence-electron chi connectivity index (χ3n) is 2.63. The minimum Gasteiger partial charge on any atom is -0.466 e. The van der Waals surface area contributed by atoms with Crippen LogP contribution in [-0.2, 0) is 9.53 Å². The van der Waals surface area contributed by atoms with Gasteiger partial charge in [0.25, 0.3) is 0 Å². The number of carbonyl (C=O) groups is 1. The van der Waals surface area contributed by atoms with Crippen LogP contribution in [0.4, 0.5) is 0 Å². The smallest absolute Gasteiger partial charge is 0.308 e. The quantitative estimate of drug-likeness (QED) is 0.782. The normalized spacial score (nSPS) is 14.1. The van der Waals surface area contributed by atoms with Crippen LogP contribution < -0.4 is 0 Å². The summed E-state index contributed by atoms with van der Waals surface area (Å²) < 4.78 is 4.74. The molecule has 1 rings (SSSR count). The first kappa shape index (κ1) is 14.7. The third kappa shape index (κ3) is 4.13. The molecule has 0 heterocycles. The summed E-state index contributed by atoms with van der Waals surface area (Å²) in [5.41, 5.74) is 2.63. The molecule has 2 unspecified atom stereocenters. The maximum absolute atomic E-state index is 11.2. The molecule has 0 aliphatic rings. The fourth-order valence-electron chi connectivity index (χ4n) is 1.91. The van der Waals surface area contributed by atoms with E-state index < -0.39 is 18.2 Å². The van der Waals surface area contributed by atoms with Gasteiger partial charge < -0.3 is 14.9 Å². The first-order chi connectivity index (χ1) is 8.43. The van der Waals surface area contributed by atoms with Gasteiger partial charge in [-0.25, -0.2) is 0 Å². The summed E-state index contributed by atoms with van der Waals surface area (Å²) in [6.45, 7) is 5.80. The molecule has 2 N–H and O–H groups in total. The topological polar surface area (TPSA) is 66.8 Å². The average molecular weight is 252 g/mol. The molecule has 0 aromatic heterocycles. The number of aryl methyl sites for hydroxylation is 2. The Hall–Kier alpha value is -1.39. The van der Waals surface area contributed by atoms with Crippen molar-refractivity contribution in [3.05, 3.63) is 34.9 Å². The van der Waals surface area contributed by atoms with Crippen molar-refractivity contribution in [1.82, 2.24) is 0 Å². The van der Waals surface area contributed by atoms with E-state index in [0.717, 1.165) is 11.1 Å². The van der Waals surface area contributed by atoms with Gasteiger partial charge in [0.2, 0.25) is 0 Å². The van der Waals surface area contributed by atoms with Gasteiger partial charge in [0, 0.05) is 0 Å². The monoisotopic (exact) mass is 252 g/mol. The highest BCUT2D eigenvalue weighted by molar-refractivity contribution is 5.70. The summed E-state index contributed by atoms with van der Waals surface area (Å²) in [6.07, 6.45) is -2.43. The molecule has 0 radical (unpaired) electrons. The van der Waals surface area contributed by atoms with E-state index in [1.165, 1.54) is 0 Å². The second kappa shape index (κ2) is 6.52. The molecule has 4 nitrogen and oxygen atoms in total. The minimum absolute atomic E-state index is 0.206. The van der Waals surface area contributed by atoms with Crippen molar-refractivity contribution >= 4 is 5.97 Å². The average Bonchev–Trinajstić information content (AvgIpc) is 2.26. The zero-order chi connectivity index (χ0) is 13.7. The zero-order valence-electron chi connectivity index (χ0n) is 11.0. The summed E-state index contributed by atoms with van der Waals surface area (Å²) in [4.78, 5) is 11.2. The second-order valence-electron chi connectivity index (χ2n) is 4.44. The minimum atomic E-state index is -1.15. The van der Waals surface area contributed by atoms with Crippen LogP contribution in [0.3, 0.4) is 0 Å². The Morgan fingerprint density at radius 1 is 1.22 bits per heavy atom. The number of esters is 1. The van der Waals surface area contributed by atoms with Crippen LogP contribution in [0.5, 0.6) is 0 Å². The predicted octanol–water partition coefficient (Wildman–Crippen LogP) is 1.65. The van der Waals surface area contributed by atoms with E-state index in [2.05, 4.69) is 0 Å². The Labute approximate surface area is 107 Å². The van der Waals surface area contributed by atoms with Gasteiger partial charge in [-0.2, -0.15) is 0 Å². The predicted molar refractivity (Wildman–Crippen MR) is 68.1 cm³/mol. The molecule has 4 heteroatoms. The Kier molecular flexibility index (Phi) is 5.31. The number of rotatable bonds is 5. The highest BCUT2D eigenvalue weighted by Crippen LogP contribution is 2.21. The van der Waals surface area contributed by atoms with Gasteiger partial charge in [-0.05, 0) is 26.3 Å². The van der Waals surface area contributed by atoms with Crippen LogP contribution >= 0.6 is 0 Å². The van der Waals surface area contributed by atoms with Gasteiger partial charge in [0.1, 0.15) is 6.10 Å². The highest BCUT2D eigenvalue weighted by atomic mass is 16.5. The van der Waals surface area contributed by atoms with Gasteiger partial charge >= 0.3 is 5.97 Å². The molecule has 18 heavy (non-hydrogen) atoms. The lowest BCUT2D eigenvalue weighted by atomic mass is 9.98. The zero-order valence-corrected chi connectivity index (χ0v) is 11.0. The fourth-order valence-corrected chi connectivity index (χ4v) is 1.91. The van der Waals surface area contributed by atoms with Gasteiger partial charge in [-0.1, -0.05) is 29.3 Å². The van der Waals surface area contributed by atoms with Crippen molar-refractivity contribution < 1.29 is 19.7 Å². The molecule has 1 aromatic rings. The Morgan fingerprint density at radius 2 is 1.78 bits per heavy atom. The summed E-state index contributed by atoms with van der Waals surface area (Å²) in [7, 11) is 0. The lowest BCUT2D eigenvalue weighted by molar-refractivity contribution is -0.147. The van der Waals surface area contributed by atoms with Crippen molar-refractivity contribution in [1.29, 1.82) is 0 Å². The summed E-state index contributed by atoms with van der Waals surface area (Å²) >= 11 is 0. The van der Waals surface area contributed by atoms with Crippen molar-refractivity contribution in [3.63, 3.8) is 0 Å². The fraction of sp³-hybridized carbons (Fsp3) is 0.500. The van der Waals surface area contributed by atoms with Crippen LogP contribution in [0.2, 0.25) is 0 Å². The van der Waals surface area contributed by atoms with Gasteiger partial charge in [0.05, 0.1) is 19.1 Å². The Bertz CT molecular complexity index is 394. The van der Waals surface area contributed by atoms with Crippen molar-refractivity contribution in [2.75, 3.05) is 6.61 Å². The van der Waals surface area contributed by atoms with E-state index in [9.17, 15) is 15.0 Å². The number of benzene rings is 1. The molecule has 0 spiro atoms. The second-order valence-corrected chi connectivity index (χ2v) is 4.44. The largest absolute Gasteiger partial charge is 0.466 e. The summed E-state index contributed by atoms with van der Waals surface area (Å²) in [6, 6.07) is 5.58. The number of hydrogen-bond donors (Lipinski definition) is 2. The molecule has 0 aliphatic heterocycles. The highest BCUT2D eigenvalue weighted by Gasteiger charge is 2.22. The first-order valence-electron chi connectivity index (χ1n) is 6.04. The first-order valence-corrected chi connectivity index (χ1v) is 6.04. The molecule has 1 aromatic carbocycles. The molecule has 0 amide bonds. The van der Waals surface area contributed by atoms with Crippen molar-refractivity contribution in [2.45, 2.75) is 39.4 Å². The molecule has 100 valence electrons.